The van der Waals surface area contributed by atoms with Crippen molar-refractivity contribution in [1.82, 2.24) is 9.55 Å². The highest BCUT2D eigenvalue weighted by Gasteiger charge is 2.47. The minimum Gasteiger partial charge on any atom is -0.451 e. The summed E-state index contributed by atoms with van der Waals surface area (Å²) in [5.41, 5.74) is 5.01. The number of nitrogen functional groups attached to an aromatic ring is 1. The van der Waals surface area contributed by atoms with Crippen LogP contribution in [-0.2, 0) is 9.47 Å². The summed E-state index contributed by atoms with van der Waals surface area (Å²) >= 11 is 0. The van der Waals surface area contributed by atoms with E-state index in [4.69, 9.17) is 15.2 Å². The highest BCUT2D eigenvalue weighted by molar-refractivity contribution is 5.89. The lowest BCUT2D eigenvalue weighted by Gasteiger charge is -2.22. The molecule has 1 aromatic carbocycles. The average Bonchev–Trinajstić information content (AvgIpc) is 2.92. The Morgan fingerprint density at radius 3 is 2.68 bits per heavy atom. The van der Waals surface area contributed by atoms with Crippen LogP contribution in [0.25, 0.3) is 0 Å². The highest BCUT2D eigenvalue weighted by Crippen LogP contribution is 2.31. The van der Waals surface area contributed by atoms with Crippen molar-refractivity contribution < 1.29 is 24.5 Å². The van der Waals surface area contributed by atoms with Gasteiger partial charge in [-0.3, -0.25) is 4.57 Å². The predicted molar refractivity (Wildman–Crippen MR) is 85.6 cm³/mol. The van der Waals surface area contributed by atoms with Crippen LogP contribution in [0.4, 0.5) is 5.82 Å². The summed E-state index contributed by atoms with van der Waals surface area (Å²) in [5, 5.41) is 19.6. The van der Waals surface area contributed by atoms with E-state index in [-0.39, 0.29) is 11.4 Å². The Morgan fingerprint density at radius 1 is 1.32 bits per heavy atom. The maximum Gasteiger partial charge on any atom is 0.351 e. The van der Waals surface area contributed by atoms with E-state index in [1.54, 1.807) is 30.3 Å². The summed E-state index contributed by atoms with van der Waals surface area (Å²) in [7, 11) is 0. The Bertz CT molecular complexity index is 809. The second kappa shape index (κ2) is 7.01. The molecule has 2 heterocycles. The molecule has 1 aliphatic rings. The van der Waals surface area contributed by atoms with Crippen LogP contribution in [0.15, 0.2) is 47.4 Å². The molecule has 1 aromatic heterocycles. The lowest BCUT2D eigenvalue weighted by molar-refractivity contribution is -0.0602. The van der Waals surface area contributed by atoms with E-state index < -0.39 is 42.8 Å². The molecule has 1 aliphatic heterocycles. The summed E-state index contributed by atoms with van der Waals surface area (Å²) in [6, 6.07) is 9.56. The van der Waals surface area contributed by atoms with Crippen LogP contribution < -0.4 is 11.4 Å². The van der Waals surface area contributed by atoms with E-state index in [1.807, 2.05) is 0 Å². The number of aromatic nitrogens is 2. The van der Waals surface area contributed by atoms with Crippen molar-refractivity contribution >= 4 is 11.8 Å². The summed E-state index contributed by atoms with van der Waals surface area (Å²) in [4.78, 5) is 27.9. The number of hydrogen-bond donors (Lipinski definition) is 3. The van der Waals surface area contributed by atoms with Gasteiger partial charge in [0.15, 0.2) is 12.3 Å². The van der Waals surface area contributed by atoms with Crippen molar-refractivity contribution in [3.8, 4) is 0 Å². The zero-order valence-electron chi connectivity index (χ0n) is 13.1. The molecule has 9 nitrogen and oxygen atoms in total. The highest BCUT2D eigenvalue weighted by atomic mass is 16.6. The molecular weight excluding hydrogens is 330 g/mol. The minimum atomic E-state index is -1.31. The number of nitrogens with zero attached hydrogens (tertiary/aromatic N) is 2. The fourth-order valence-electron chi connectivity index (χ4n) is 2.61. The largest absolute Gasteiger partial charge is 0.451 e. The normalized spacial score (nSPS) is 25.7. The van der Waals surface area contributed by atoms with E-state index in [2.05, 4.69) is 4.98 Å². The topological polar surface area (TPSA) is 137 Å². The predicted octanol–water partition coefficient (Wildman–Crippen LogP) is -0.698. The third-order valence-corrected chi connectivity index (χ3v) is 3.87. The quantitative estimate of drug-likeness (QED) is 0.618. The monoisotopic (exact) mass is 347 g/mol. The molecule has 132 valence electrons. The van der Waals surface area contributed by atoms with Crippen molar-refractivity contribution in [1.29, 1.82) is 0 Å². The number of aliphatic hydroxyl groups excluding tert-OH is 2. The molecule has 0 unspecified atom stereocenters. The van der Waals surface area contributed by atoms with Gasteiger partial charge in [0, 0.05) is 6.20 Å². The first-order chi connectivity index (χ1) is 12.0. The van der Waals surface area contributed by atoms with E-state index in [0.29, 0.717) is 0 Å². The van der Waals surface area contributed by atoms with Gasteiger partial charge in [-0.1, -0.05) is 18.2 Å². The molecule has 9 heteroatoms. The molecule has 4 atom stereocenters. The molecule has 0 aliphatic carbocycles. The fourth-order valence-corrected chi connectivity index (χ4v) is 2.61. The van der Waals surface area contributed by atoms with E-state index >= 15 is 0 Å². The molecule has 0 saturated carbocycles. The lowest BCUT2D eigenvalue weighted by Crippen LogP contribution is -2.39. The SMILES string of the molecule is Nc1ccn([C@@H]2O[C@H](CO)[C@@H](O)[C@H]2OC(=O)c2ccccc2)c(=O)n1. The van der Waals surface area contributed by atoms with Crippen LogP contribution in [0.2, 0.25) is 0 Å². The van der Waals surface area contributed by atoms with Crippen molar-refractivity contribution in [2.75, 3.05) is 12.3 Å². The number of anilines is 1. The van der Waals surface area contributed by atoms with Gasteiger partial charge in [0.1, 0.15) is 18.0 Å². The third kappa shape index (κ3) is 3.38. The first-order valence-corrected chi connectivity index (χ1v) is 7.56. The number of ether oxygens (including phenoxy) is 2. The van der Waals surface area contributed by atoms with Crippen molar-refractivity contribution in [3.05, 3.63) is 58.6 Å². The van der Waals surface area contributed by atoms with Crippen LogP contribution in [0.3, 0.4) is 0 Å². The molecule has 0 spiro atoms. The van der Waals surface area contributed by atoms with Crippen LogP contribution in [0.1, 0.15) is 16.6 Å². The number of esters is 1. The number of carbonyl (C=O) groups excluding carboxylic acids is 1. The first kappa shape index (κ1) is 17.1. The van der Waals surface area contributed by atoms with Gasteiger partial charge in [-0.2, -0.15) is 4.98 Å². The van der Waals surface area contributed by atoms with Crippen molar-refractivity contribution in [3.63, 3.8) is 0 Å². The fraction of sp³-hybridized carbons (Fsp3) is 0.312. The van der Waals surface area contributed by atoms with Gasteiger partial charge in [0.05, 0.1) is 12.2 Å². The number of carbonyl (C=O) groups is 1. The maximum absolute atomic E-state index is 12.3. The molecular formula is C16H17N3O6. The van der Waals surface area contributed by atoms with Gasteiger partial charge in [-0.25, -0.2) is 9.59 Å². The Labute approximate surface area is 142 Å². The molecule has 2 aromatic rings. The molecule has 0 bridgehead atoms. The molecule has 4 N–H and O–H groups in total. The minimum absolute atomic E-state index is 0.0244. The summed E-state index contributed by atoms with van der Waals surface area (Å²) in [6.07, 6.45) is -3.34. The zero-order chi connectivity index (χ0) is 18.0. The number of rotatable bonds is 4. The van der Waals surface area contributed by atoms with Crippen LogP contribution in [0, 0.1) is 0 Å². The number of hydrogen-bond acceptors (Lipinski definition) is 8. The van der Waals surface area contributed by atoms with E-state index in [0.717, 1.165) is 4.57 Å². The second-order valence-electron chi connectivity index (χ2n) is 5.52. The van der Waals surface area contributed by atoms with Gasteiger partial charge in [-0.15, -0.1) is 0 Å². The molecule has 1 fully saturated rings. The van der Waals surface area contributed by atoms with Gasteiger partial charge < -0.3 is 25.4 Å². The van der Waals surface area contributed by atoms with Crippen LogP contribution >= 0.6 is 0 Å². The van der Waals surface area contributed by atoms with Crippen molar-refractivity contribution in [2.24, 2.45) is 0 Å². The third-order valence-electron chi connectivity index (χ3n) is 3.87. The summed E-state index contributed by atoms with van der Waals surface area (Å²) in [5.74, 6) is -0.662. The average molecular weight is 347 g/mol. The number of aliphatic hydroxyl groups is 2. The molecule has 3 rings (SSSR count). The van der Waals surface area contributed by atoms with Gasteiger partial charge in [-0.05, 0) is 18.2 Å². The Balaban J connectivity index is 1.90. The summed E-state index contributed by atoms with van der Waals surface area (Å²) < 4.78 is 11.9. The van der Waals surface area contributed by atoms with E-state index in [9.17, 15) is 19.8 Å². The number of benzene rings is 1. The van der Waals surface area contributed by atoms with Crippen molar-refractivity contribution in [2.45, 2.75) is 24.5 Å². The molecule has 0 amide bonds. The second-order valence-corrected chi connectivity index (χ2v) is 5.52. The van der Waals surface area contributed by atoms with E-state index in [1.165, 1.54) is 12.3 Å². The first-order valence-electron chi connectivity index (χ1n) is 7.56. The standard InChI is InChI=1S/C16H17N3O6/c17-11-6-7-19(16(23)18-11)14-13(12(21)10(8-20)24-14)25-15(22)9-4-2-1-3-5-9/h1-7,10,12-14,20-21H,8H2,(H2,17,18,23)/t10-,12-,13-,14-/m1/s1. The smallest absolute Gasteiger partial charge is 0.351 e. The Hall–Kier alpha value is -2.75. The van der Waals surface area contributed by atoms with Gasteiger partial charge >= 0.3 is 11.7 Å². The van der Waals surface area contributed by atoms with Crippen LogP contribution in [0.5, 0.6) is 0 Å². The lowest BCUT2D eigenvalue weighted by atomic mass is 10.1. The molecule has 1 saturated heterocycles. The Kier molecular flexibility index (Phi) is 4.79. The van der Waals surface area contributed by atoms with Gasteiger partial charge in [0.2, 0.25) is 0 Å². The number of nitrogens with two attached hydrogens (primary N) is 1. The molecule has 25 heavy (non-hydrogen) atoms. The zero-order valence-corrected chi connectivity index (χ0v) is 13.1. The summed E-state index contributed by atoms with van der Waals surface area (Å²) in [6.45, 7) is -0.506. The molecule has 0 radical (unpaired) electrons. The maximum atomic E-state index is 12.3. The van der Waals surface area contributed by atoms with Crippen LogP contribution in [-0.4, -0.2) is 50.7 Å². The Morgan fingerprint density at radius 2 is 2.04 bits per heavy atom. The van der Waals surface area contributed by atoms with Gasteiger partial charge in [0.25, 0.3) is 0 Å².